The van der Waals surface area contributed by atoms with E-state index in [1.54, 1.807) is 0 Å². The number of amides is 2. The molecule has 0 saturated heterocycles. The molecule has 0 unspecified atom stereocenters. The quantitative estimate of drug-likeness (QED) is 0.406. The number of nitrogens with zero attached hydrogens (tertiary/aromatic N) is 1. The van der Waals surface area contributed by atoms with Gasteiger partial charge in [0.2, 0.25) is 11.8 Å². The Morgan fingerprint density at radius 3 is 2.50 bits per heavy atom. The van der Waals surface area contributed by atoms with Crippen molar-refractivity contribution < 1.29 is 9.59 Å². The van der Waals surface area contributed by atoms with Crippen molar-refractivity contribution in [1.29, 1.82) is 0 Å². The van der Waals surface area contributed by atoms with Crippen LogP contribution in [0.3, 0.4) is 0 Å². The molecule has 1 aromatic carbocycles. The summed E-state index contributed by atoms with van der Waals surface area (Å²) in [5, 5.41) is 12.2. The molecule has 7 nitrogen and oxygen atoms in total. The second-order valence-corrected chi connectivity index (χ2v) is 8.87. The third-order valence-corrected chi connectivity index (χ3v) is 4.87. The van der Waals surface area contributed by atoms with Gasteiger partial charge < -0.3 is 21.3 Å². The van der Waals surface area contributed by atoms with E-state index < -0.39 is 0 Å². The molecule has 0 radical (unpaired) electrons. The molecule has 4 N–H and O–H groups in total. The molecule has 30 heavy (non-hydrogen) atoms. The van der Waals surface area contributed by atoms with Gasteiger partial charge in [0.15, 0.2) is 5.96 Å². The first-order chi connectivity index (χ1) is 14.3. The van der Waals surface area contributed by atoms with Crippen LogP contribution in [0.5, 0.6) is 0 Å². The largest absolute Gasteiger partial charge is 0.357 e. The number of anilines is 1. The highest BCUT2D eigenvalue weighted by molar-refractivity contribution is 5.92. The van der Waals surface area contributed by atoms with Crippen LogP contribution in [-0.2, 0) is 16.1 Å². The van der Waals surface area contributed by atoms with E-state index in [9.17, 15) is 9.59 Å². The molecule has 0 spiro atoms. The summed E-state index contributed by atoms with van der Waals surface area (Å²) in [6.07, 6.45) is 5.48. The van der Waals surface area contributed by atoms with Crippen LogP contribution in [0.2, 0.25) is 0 Å². The molecule has 1 aliphatic rings. The summed E-state index contributed by atoms with van der Waals surface area (Å²) in [4.78, 5) is 29.1. The highest BCUT2D eigenvalue weighted by atomic mass is 16.2. The summed E-state index contributed by atoms with van der Waals surface area (Å²) in [5.41, 5.74) is 1.53. The summed E-state index contributed by atoms with van der Waals surface area (Å²) in [7, 11) is 0. The molecule has 1 saturated carbocycles. The molecule has 0 atom stereocenters. The molecule has 1 aliphatic carbocycles. The summed E-state index contributed by atoms with van der Waals surface area (Å²) < 4.78 is 0. The van der Waals surface area contributed by atoms with E-state index in [-0.39, 0.29) is 29.8 Å². The molecule has 7 heteroatoms. The maximum Gasteiger partial charge on any atom is 0.239 e. The maximum absolute atomic E-state index is 12.5. The lowest BCUT2D eigenvalue weighted by Gasteiger charge is -2.21. The van der Waals surface area contributed by atoms with Gasteiger partial charge in [-0.05, 0) is 58.2 Å². The highest BCUT2D eigenvalue weighted by Gasteiger charge is 2.21. The predicted molar refractivity (Wildman–Crippen MR) is 122 cm³/mol. The fourth-order valence-corrected chi connectivity index (χ4v) is 3.50. The van der Waals surface area contributed by atoms with E-state index in [1.165, 1.54) is 6.42 Å². The zero-order valence-electron chi connectivity index (χ0n) is 18.8. The Morgan fingerprint density at radius 2 is 1.83 bits per heavy atom. The molecule has 0 aromatic heterocycles. The second kappa shape index (κ2) is 11.6. The maximum atomic E-state index is 12.5. The van der Waals surface area contributed by atoms with Gasteiger partial charge in [0.05, 0.1) is 13.1 Å². The number of carbonyl (C=O) groups excluding carboxylic acids is 2. The molecule has 1 fully saturated rings. The predicted octanol–water partition coefficient (Wildman–Crippen LogP) is 3.18. The molecule has 166 valence electrons. The van der Waals surface area contributed by atoms with Crippen LogP contribution >= 0.6 is 0 Å². The van der Waals surface area contributed by atoms with E-state index in [1.807, 2.05) is 52.0 Å². The second-order valence-electron chi connectivity index (χ2n) is 8.87. The molecular weight excluding hydrogens is 378 g/mol. The zero-order chi connectivity index (χ0) is 22.0. The minimum atomic E-state index is -0.267. The Bertz CT molecular complexity index is 733. The van der Waals surface area contributed by atoms with Crippen LogP contribution in [0, 0.1) is 5.92 Å². The Hall–Kier alpha value is -2.57. The first-order valence-corrected chi connectivity index (χ1v) is 11.0. The standard InChI is InChI=1S/C23H37N5O2/c1-5-24-22(26-16-20(29)28-23(2,3)4)25-15-17-10-9-13-19(14-17)27-21(30)18-11-7-6-8-12-18/h9-10,13-14,18H,5-8,11-12,15-16H2,1-4H3,(H,27,30)(H,28,29)(H2,24,25,26). The van der Waals surface area contributed by atoms with Crippen LogP contribution in [-0.4, -0.2) is 36.4 Å². The Kier molecular flexibility index (Phi) is 9.15. The molecular formula is C23H37N5O2. The van der Waals surface area contributed by atoms with Crippen molar-refractivity contribution in [3.8, 4) is 0 Å². The monoisotopic (exact) mass is 415 g/mol. The van der Waals surface area contributed by atoms with Crippen molar-refractivity contribution in [2.24, 2.45) is 10.9 Å². The van der Waals surface area contributed by atoms with Crippen molar-refractivity contribution in [2.45, 2.75) is 71.9 Å². The molecule has 0 aliphatic heterocycles. The lowest BCUT2D eigenvalue weighted by molar-refractivity contribution is -0.121. The Balaban J connectivity index is 1.92. The van der Waals surface area contributed by atoms with E-state index >= 15 is 0 Å². The Labute approximate surface area is 180 Å². The van der Waals surface area contributed by atoms with Gasteiger partial charge in [0, 0.05) is 23.7 Å². The van der Waals surface area contributed by atoms with Gasteiger partial charge in [-0.1, -0.05) is 31.4 Å². The van der Waals surface area contributed by atoms with Crippen molar-refractivity contribution in [2.75, 3.05) is 18.4 Å². The van der Waals surface area contributed by atoms with Gasteiger partial charge in [0.25, 0.3) is 0 Å². The van der Waals surface area contributed by atoms with Gasteiger partial charge in [-0.2, -0.15) is 0 Å². The summed E-state index contributed by atoms with van der Waals surface area (Å²) in [6, 6.07) is 7.78. The summed E-state index contributed by atoms with van der Waals surface area (Å²) in [6.45, 7) is 9.13. The number of nitrogens with one attached hydrogen (secondary N) is 4. The normalized spacial score (nSPS) is 15.4. The number of benzene rings is 1. The van der Waals surface area contributed by atoms with Gasteiger partial charge in [0.1, 0.15) is 0 Å². The average molecular weight is 416 g/mol. The number of hydrogen-bond acceptors (Lipinski definition) is 3. The number of hydrogen-bond donors (Lipinski definition) is 4. The van der Waals surface area contributed by atoms with E-state index in [4.69, 9.17) is 0 Å². The van der Waals surface area contributed by atoms with Crippen LogP contribution in [0.1, 0.15) is 65.4 Å². The minimum absolute atomic E-state index is 0.0828. The topological polar surface area (TPSA) is 94.6 Å². The van der Waals surface area contributed by atoms with Crippen molar-refractivity contribution in [3.05, 3.63) is 29.8 Å². The Morgan fingerprint density at radius 1 is 1.10 bits per heavy atom. The molecule has 2 amide bonds. The first kappa shape index (κ1) is 23.7. The van der Waals surface area contributed by atoms with Crippen LogP contribution in [0.25, 0.3) is 0 Å². The van der Waals surface area contributed by atoms with Crippen LogP contribution < -0.4 is 21.3 Å². The van der Waals surface area contributed by atoms with Crippen molar-refractivity contribution >= 4 is 23.5 Å². The van der Waals surface area contributed by atoms with Gasteiger partial charge in [-0.25, -0.2) is 4.99 Å². The van der Waals surface area contributed by atoms with Crippen molar-refractivity contribution in [3.63, 3.8) is 0 Å². The molecule has 1 aromatic rings. The lowest BCUT2D eigenvalue weighted by Crippen LogP contribution is -2.48. The lowest BCUT2D eigenvalue weighted by atomic mass is 9.88. The third kappa shape index (κ3) is 8.84. The third-order valence-electron chi connectivity index (χ3n) is 4.87. The SMILES string of the molecule is CCNC(=NCc1cccc(NC(=O)C2CCCCC2)c1)NCC(=O)NC(C)(C)C. The van der Waals surface area contributed by atoms with E-state index in [0.29, 0.717) is 19.0 Å². The van der Waals surface area contributed by atoms with Gasteiger partial charge in [-0.15, -0.1) is 0 Å². The molecule has 2 rings (SSSR count). The number of carbonyl (C=O) groups is 2. The van der Waals surface area contributed by atoms with Gasteiger partial charge in [-0.3, -0.25) is 9.59 Å². The molecule has 0 heterocycles. The first-order valence-electron chi connectivity index (χ1n) is 11.0. The number of aliphatic imine (C=N–C) groups is 1. The van der Waals surface area contributed by atoms with Crippen LogP contribution in [0.15, 0.2) is 29.3 Å². The zero-order valence-corrected chi connectivity index (χ0v) is 18.8. The fourth-order valence-electron chi connectivity index (χ4n) is 3.50. The fraction of sp³-hybridized carbons (Fsp3) is 0.609. The van der Waals surface area contributed by atoms with Crippen molar-refractivity contribution in [1.82, 2.24) is 16.0 Å². The van der Waals surface area contributed by atoms with Crippen LogP contribution in [0.4, 0.5) is 5.69 Å². The number of guanidine groups is 1. The average Bonchev–Trinajstić information content (AvgIpc) is 2.70. The van der Waals surface area contributed by atoms with E-state index in [0.717, 1.165) is 36.9 Å². The smallest absolute Gasteiger partial charge is 0.239 e. The number of rotatable bonds is 7. The highest BCUT2D eigenvalue weighted by Crippen LogP contribution is 2.25. The van der Waals surface area contributed by atoms with Gasteiger partial charge >= 0.3 is 0 Å². The minimum Gasteiger partial charge on any atom is -0.357 e. The summed E-state index contributed by atoms with van der Waals surface area (Å²) in [5.74, 6) is 0.748. The molecule has 0 bridgehead atoms. The summed E-state index contributed by atoms with van der Waals surface area (Å²) >= 11 is 0. The van der Waals surface area contributed by atoms with E-state index in [2.05, 4.69) is 26.3 Å².